The molecule has 2 aromatic rings. The molecule has 0 aliphatic carbocycles. The monoisotopic (exact) mass is 242 g/mol. The lowest BCUT2D eigenvalue weighted by Crippen LogP contribution is -2.24. The molecule has 0 bridgehead atoms. The Morgan fingerprint density at radius 2 is 2.17 bits per heavy atom. The fourth-order valence-corrected chi connectivity index (χ4v) is 1.63. The topological polar surface area (TPSA) is 91.8 Å². The zero-order valence-electron chi connectivity index (χ0n) is 10.0. The molecule has 18 heavy (non-hydrogen) atoms. The van der Waals surface area contributed by atoms with Gasteiger partial charge in [-0.05, 0) is 18.2 Å². The van der Waals surface area contributed by atoms with E-state index in [-0.39, 0.29) is 5.84 Å². The first-order valence-corrected chi connectivity index (χ1v) is 5.45. The molecule has 6 heteroatoms. The second-order valence-corrected chi connectivity index (χ2v) is 3.86. The largest absolute Gasteiger partial charge is 0.384 e. The van der Waals surface area contributed by atoms with E-state index in [1.54, 1.807) is 12.3 Å². The number of nitrogens with zero attached hydrogens (tertiary/aromatic N) is 4. The van der Waals surface area contributed by atoms with Gasteiger partial charge in [0, 0.05) is 13.2 Å². The second-order valence-electron chi connectivity index (χ2n) is 3.86. The van der Waals surface area contributed by atoms with Crippen LogP contribution in [0.2, 0.25) is 0 Å². The minimum absolute atomic E-state index is 0.0206. The van der Waals surface area contributed by atoms with Gasteiger partial charge in [0.25, 0.3) is 0 Å². The second kappa shape index (κ2) is 5.22. The van der Waals surface area contributed by atoms with Crippen molar-refractivity contribution in [2.75, 3.05) is 11.9 Å². The van der Waals surface area contributed by atoms with Crippen molar-refractivity contribution in [3.63, 3.8) is 0 Å². The van der Waals surface area contributed by atoms with Crippen LogP contribution < -0.4 is 10.6 Å². The average molecular weight is 242 g/mol. The van der Waals surface area contributed by atoms with Crippen LogP contribution in [-0.2, 0) is 6.54 Å². The summed E-state index contributed by atoms with van der Waals surface area (Å²) in [6.45, 7) is 0.583. The molecular formula is C12H14N6. The molecule has 0 atom stereocenters. The number of nitrogens with two attached hydrogens (primary N) is 1. The molecule has 0 unspecified atom stereocenters. The van der Waals surface area contributed by atoms with E-state index in [1.165, 1.54) is 6.20 Å². The zero-order valence-corrected chi connectivity index (χ0v) is 10.0. The quantitative estimate of drug-likeness (QED) is 0.611. The summed E-state index contributed by atoms with van der Waals surface area (Å²) in [6, 6.07) is 7.41. The third-order valence-corrected chi connectivity index (χ3v) is 2.48. The molecular weight excluding hydrogens is 228 g/mol. The summed E-state index contributed by atoms with van der Waals surface area (Å²) in [7, 11) is 1.87. The molecule has 2 aromatic heterocycles. The number of pyridine rings is 1. The van der Waals surface area contributed by atoms with Gasteiger partial charge in [-0.25, -0.2) is 0 Å². The Morgan fingerprint density at radius 1 is 1.33 bits per heavy atom. The summed E-state index contributed by atoms with van der Waals surface area (Å²) in [6.07, 6.45) is 3.26. The van der Waals surface area contributed by atoms with Crippen molar-refractivity contribution >= 4 is 11.7 Å². The average Bonchev–Trinajstić information content (AvgIpc) is 2.40. The first-order valence-electron chi connectivity index (χ1n) is 5.45. The molecule has 0 spiro atoms. The molecule has 0 aliphatic rings. The highest BCUT2D eigenvalue weighted by molar-refractivity contribution is 5.99. The minimum Gasteiger partial charge on any atom is -0.384 e. The highest BCUT2D eigenvalue weighted by Crippen LogP contribution is 2.15. The molecule has 0 radical (unpaired) electrons. The van der Waals surface area contributed by atoms with Crippen molar-refractivity contribution < 1.29 is 0 Å². The molecule has 3 N–H and O–H groups in total. The van der Waals surface area contributed by atoms with E-state index < -0.39 is 0 Å². The zero-order chi connectivity index (χ0) is 13.0. The van der Waals surface area contributed by atoms with Gasteiger partial charge in [-0.2, -0.15) is 5.10 Å². The van der Waals surface area contributed by atoms with E-state index in [1.807, 2.05) is 30.1 Å². The number of nitrogens with one attached hydrogen (secondary N) is 1. The molecule has 0 saturated heterocycles. The minimum atomic E-state index is -0.0206. The predicted octanol–water partition coefficient (Wildman–Crippen LogP) is 0.792. The van der Waals surface area contributed by atoms with Crippen LogP contribution >= 0.6 is 0 Å². The summed E-state index contributed by atoms with van der Waals surface area (Å²) in [4.78, 5) is 6.11. The summed E-state index contributed by atoms with van der Waals surface area (Å²) in [5.74, 6) is 0.559. The number of aromatic nitrogens is 3. The van der Waals surface area contributed by atoms with E-state index >= 15 is 0 Å². The van der Waals surface area contributed by atoms with Gasteiger partial charge in [-0.1, -0.05) is 6.07 Å². The molecule has 0 fully saturated rings. The first-order chi connectivity index (χ1) is 8.68. The number of rotatable bonds is 4. The maximum absolute atomic E-state index is 7.52. The fraction of sp³-hybridized carbons (Fsp3) is 0.167. The lowest BCUT2D eigenvalue weighted by Gasteiger charge is -2.19. The maximum Gasteiger partial charge on any atom is 0.162 e. The van der Waals surface area contributed by atoms with Crippen molar-refractivity contribution in [1.29, 1.82) is 5.41 Å². The lowest BCUT2D eigenvalue weighted by molar-refractivity contribution is 0.840. The van der Waals surface area contributed by atoms with Crippen molar-refractivity contribution in [2.24, 2.45) is 5.73 Å². The van der Waals surface area contributed by atoms with Crippen LogP contribution in [0.25, 0.3) is 0 Å². The van der Waals surface area contributed by atoms with E-state index in [2.05, 4.69) is 15.2 Å². The van der Waals surface area contributed by atoms with Crippen LogP contribution in [0.3, 0.4) is 0 Å². The Bertz CT molecular complexity index is 539. The van der Waals surface area contributed by atoms with Gasteiger partial charge in [0.15, 0.2) is 5.82 Å². The van der Waals surface area contributed by atoms with Crippen molar-refractivity contribution in [3.8, 4) is 0 Å². The first kappa shape index (κ1) is 12.0. The normalized spacial score (nSPS) is 10.1. The molecule has 0 saturated carbocycles. The Labute approximate surface area is 105 Å². The van der Waals surface area contributed by atoms with Gasteiger partial charge in [0.05, 0.1) is 24.0 Å². The summed E-state index contributed by atoms with van der Waals surface area (Å²) < 4.78 is 0. The summed E-state index contributed by atoms with van der Waals surface area (Å²) >= 11 is 0. The van der Waals surface area contributed by atoms with Crippen LogP contribution in [0.4, 0.5) is 5.82 Å². The third kappa shape index (κ3) is 2.60. The predicted molar refractivity (Wildman–Crippen MR) is 69.4 cm³/mol. The standard InChI is InChI=1S/C12H14N6/c1-18(8-9-4-2-3-6-15-9)12-10(11(13)14)5-7-16-17-12/h2-7H,8H2,1H3,(H3,13,14). The summed E-state index contributed by atoms with van der Waals surface area (Å²) in [5.41, 5.74) is 7.01. The van der Waals surface area contributed by atoms with Gasteiger partial charge >= 0.3 is 0 Å². The van der Waals surface area contributed by atoms with Crippen LogP contribution in [0, 0.1) is 5.41 Å². The van der Waals surface area contributed by atoms with Crippen LogP contribution in [0.1, 0.15) is 11.3 Å². The molecule has 0 aromatic carbocycles. The molecule has 6 nitrogen and oxygen atoms in total. The van der Waals surface area contributed by atoms with E-state index in [9.17, 15) is 0 Å². The number of amidine groups is 1. The van der Waals surface area contributed by atoms with Crippen molar-refractivity contribution in [3.05, 3.63) is 47.9 Å². The lowest BCUT2D eigenvalue weighted by atomic mass is 10.2. The smallest absolute Gasteiger partial charge is 0.162 e. The third-order valence-electron chi connectivity index (χ3n) is 2.48. The fourth-order valence-electron chi connectivity index (χ4n) is 1.63. The molecule has 2 rings (SSSR count). The molecule has 0 aliphatic heterocycles. The van der Waals surface area contributed by atoms with Crippen molar-refractivity contribution in [2.45, 2.75) is 6.54 Å². The Kier molecular flexibility index (Phi) is 3.47. The van der Waals surface area contributed by atoms with Gasteiger partial charge in [0.2, 0.25) is 0 Å². The van der Waals surface area contributed by atoms with Gasteiger partial charge in [-0.3, -0.25) is 10.4 Å². The Morgan fingerprint density at radius 3 is 2.83 bits per heavy atom. The van der Waals surface area contributed by atoms with E-state index in [4.69, 9.17) is 11.1 Å². The van der Waals surface area contributed by atoms with E-state index in [0.717, 1.165) is 5.69 Å². The van der Waals surface area contributed by atoms with Crippen LogP contribution in [0.15, 0.2) is 36.7 Å². The summed E-state index contributed by atoms with van der Waals surface area (Å²) in [5, 5.41) is 15.4. The molecule has 0 amide bonds. The number of nitrogen functional groups attached to an aromatic ring is 1. The highest BCUT2D eigenvalue weighted by atomic mass is 15.2. The number of hydrogen-bond donors (Lipinski definition) is 2. The SMILES string of the molecule is CN(Cc1ccccn1)c1nnccc1C(=N)N. The highest BCUT2D eigenvalue weighted by Gasteiger charge is 2.12. The van der Waals surface area contributed by atoms with Crippen LogP contribution in [0.5, 0.6) is 0 Å². The maximum atomic E-state index is 7.52. The molecule has 92 valence electrons. The number of hydrogen-bond acceptors (Lipinski definition) is 5. The van der Waals surface area contributed by atoms with Crippen molar-refractivity contribution in [1.82, 2.24) is 15.2 Å². The number of anilines is 1. The Balaban J connectivity index is 2.24. The van der Waals surface area contributed by atoms with Gasteiger partial charge < -0.3 is 10.6 Å². The van der Waals surface area contributed by atoms with E-state index in [0.29, 0.717) is 17.9 Å². The van der Waals surface area contributed by atoms with Gasteiger partial charge in [-0.15, -0.1) is 5.10 Å². The molecule has 2 heterocycles. The Hall–Kier alpha value is -2.50. The van der Waals surface area contributed by atoms with Crippen LogP contribution in [-0.4, -0.2) is 28.1 Å². The van der Waals surface area contributed by atoms with Gasteiger partial charge in [0.1, 0.15) is 5.84 Å².